The van der Waals surface area contributed by atoms with E-state index in [9.17, 15) is 9.59 Å². The molecule has 0 aromatic heterocycles. The van der Waals surface area contributed by atoms with Gasteiger partial charge >= 0.3 is 11.9 Å². The molecule has 80 valence electrons. The Hall–Kier alpha value is -1.36. The largest absolute Gasteiger partial charge is 0.459 e. The molecule has 2 unspecified atom stereocenters. The Bertz CT molecular complexity index is 221. The van der Waals surface area contributed by atoms with Crippen LogP contribution in [0.1, 0.15) is 13.8 Å². The van der Waals surface area contributed by atoms with Crippen molar-refractivity contribution in [2.24, 2.45) is 0 Å². The Morgan fingerprint density at radius 2 is 2.00 bits per heavy atom. The minimum absolute atomic E-state index is 0.0649. The number of carbonyl (C=O) groups excluding carboxylic acids is 2. The molecule has 0 radical (unpaired) electrons. The monoisotopic (exact) mass is 202 g/mol. The highest BCUT2D eigenvalue weighted by atomic mass is 16.6. The summed E-state index contributed by atoms with van der Waals surface area (Å²) in [5.74, 6) is -1.52. The van der Waals surface area contributed by atoms with Gasteiger partial charge in [-0.15, -0.1) is 0 Å². The fourth-order valence-electron chi connectivity index (χ4n) is 0.579. The lowest BCUT2D eigenvalue weighted by Crippen LogP contribution is -2.30. The van der Waals surface area contributed by atoms with E-state index in [1.807, 2.05) is 0 Å². The standard InChI is InChI=1S/C9H14O5/c1-4-5-13-9(12)7(3)14-8(11)6(2)10/h4,6-7,10H,1,5H2,2-3H3. The van der Waals surface area contributed by atoms with E-state index >= 15 is 0 Å². The molecule has 0 fully saturated rings. The second kappa shape index (κ2) is 6.15. The molecular weight excluding hydrogens is 188 g/mol. The van der Waals surface area contributed by atoms with Crippen LogP contribution in [0.5, 0.6) is 0 Å². The van der Waals surface area contributed by atoms with Crippen molar-refractivity contribution in [1.29, 1.82) is 0 Å². The molecule has 5 nitrogen and oxygen atoms in total. The zero-order chi connectivity index (χ0) is 11.1. The summed E-state index contributed by atoms with van der Waals surface area (Å²) in [6, 6.07) is 0. The number of hydrogen-bond donors (Lipinski definition) is 1. The summed E-state index contributed by atoms with van der Waals surface area (Å²) in [5.41, 5.74) is 0. The molecule has 0 aromatic rings. The Morgan fingerprint density at radius 1 is 1.43 bits per heavy atom. The van der Waals surface area contributed by atoms with Crippen molar-refractivity contribution >= 4 is 11.9 Å². The third-order valence-electron chi connectivity index (χ3n) is 1.31. The average molecular weight is 202 g/mol. The van der Waals surface area contributed by atoms with Crippen LogP contribution in [0, 0.1) is 0 Å². The molecule has 0 bridgehead atoms. The molecule has 0 aliphatic carbocycles. The van der Waals surface area contributed by atoms with Crippen molar-refractivity contribution in [3.05, 3.63) is 12.7 Å². The van der Waals surface area contributed by atoms with Crippen LogP contribution in [0.4, 0.5) is 0 Å². The molecule has 0 rings (SSSR count). The maximum Gasteiger partial charge on any atom is 0.347 e. The highest BCUT2D eigenvalue weighted by Gasteiger charge is 2.21. The van der Waals surface area contributed by atoms with Gasteiger partial charge in [0.05, 0.1) is 0 Å². The molecule has 0 aliphatic heterocycles. The Kier molecular flexibility index (Phi) is 5.55. The van der Waals surface area contributed by atoms with Crippen LogP contribution < -0.4 is 0 Å². The number of ether oxygens (including phenoxy) is 2. The molecule has 0 saturated carbocycles. The van der Waals surface area contributed by atoms with Crippen LogP contribution >= 0.6 is 0 Å². The first kappa shape index (κ1) is 12.6. The first-order chi connectivity index (χ1) is 6.49. The zero-order valence-electron chi connectivity index (χ0n) is 8.23. The van der Waals surface area contributed by atoms with Crippen LogP contribution in [0.3, 0.4) is 0 Å². The van der Waals surface area contributed by atoms with Gasteiger partial charge in [0.15, 0.2) is 6.10 Å². The van der Waals surface area contributed by atoms with Gasteiger partial charge in [0, 0.05) is 0 Å². The van der Waals surface area contributed by atoms with E-state index in [4.69, 9.17) is 5.11 Å². The lowest BCUT2D eigenvalue weighted by molar-refractivity contribution is -0.170. The van der Waals surface area contributed by atoms with Gasteiger partial charge in [0.25, 0.3) is 0 Å². The van der Waals surface area contributed by atoms with Gasteiger partial charge < -0.3 is 14.6 Å². The first-order valence-electron chi connectivity index (χ1n) is 4.15. The van der Waals surface area contributed by atoms with Gasteiger partial charge in [-0.25, -0.2) is 9.59 Å². The second-order valence-corrected chi connectivity index (χ2v) is 2.67. The van der Waals surface area contributed by atoms with Gasteiger partial charge in [0.2, 0.25) is 0 Å². The van der Waals surface area contributed by atoms with E-state index in [-0.39, 0.29) is 6.61 Å². The summed E-state index contributed by atoms with van der Waals surface area (Å²) in [6.45, 7) is 6.04. The van der Waals surface area contributed by atoms with Crippen LogP contribution in [0.2, 0.25) is 0 Å². The molecule has 2 atom stereocenters. The van der Waals surface area contributed by atoms with Crippen LogP contribution in [-0.2, 0) is 19.1 Å². The summed E-state index contributed by atoms with van der Waals surface area (Å²) in [5, 5.41) is 8.78. The Morgan fingerprint density at radius 3 is 2.43 bits per heavy atom. The Balaban J connectivity index is 3.94. The highest BCUT2D eigenvalue weighted by Crippen LogP contribution is 1.98. The highest BCUT2D eigenvalue weighted by molar-refractivity contribution is 5.80. The lowest BCUT2D eigenvalue weighted by Gasteiger charge is -2.12. The van der Waals surface area contributed by atoms with Gasteiger partial charge in [0.1, 0.15) is 12.7 Å². The zero-order valence-corrected chi connectivity index (χ0v) is 8.23. The summed E-state index contributed by atoms with van der Waals surface area (Å²) in [6.07, 6.45) is -0.858. The van der Waals surface area contributed by atoms with Crippen molar-refractivity contribution in [2.45, 2.75) is 26.1 Å². The smallest absolute Gasteiger partial charge is 0.347 e. The molecule has 0 heterocycles. The SMILES string of the molecule is C=CCOC(=O)C(C)OC(=O)C(C)O. The van der Waals surface area contributed by atoms with Gasteiger partial charge in [-0.2, -0.15) is 0 Å². The molecule has 0 aliphatic rings. The molecule has 14 heavy (non-hydrogen) atoms. The third kappa shape index (κ3) is 4.61. The molecule has 0 saturated heterocycles. The molecule has 1 N–H and O–H groups in total. The summed E-state index contributed by atoms with van der Waals surface area (Å²) in [4.78, 5) is 21.9. The topological polar surface area (TPSA) is 72.8 Å². The normalized spacial score (nSPS) is 13.9. The van der Waals surface area contributed by atoms with Crippen molar-refractivity contribution in [1.82, 2.24) is 0 Å². The molecule has 0 spiro atoms. The fraction of sp³-hybridized carbons (Fsp3) is 0.556. The first-order valence-corrected chi connectivity index (χ1v) is 4.15. The minimum atomic E-state index is -1.25. The minimum Gasteiger partial charge on any atom is -0.459 e. The van der Waals surface area contributed by atoms with Crippen LogP contribution in [0.25, 0.3) is 0 Å². The van der Waals surface area contributed by atoms with Crippen LogP contribution in [0.15, 0.2) is 12.7 Å². The van der Waals surface area contributed by atoms with E-state index in [0.717, 1.165) is 0 Å². The summed E-state index contributed by atoms with van der Waals surface area (Å²) >= 11 is 0. The molecule has 5 heteroatoms. The van der Waals surface area contributed by atoms with E-state index in [1.54, 1.807) is 0 Å². The van der Waals surface area contributed by atoms with E-state index < -0.39 is 24.1 Å². The quantitative estimate of drug-likeness (QED) is 0.503. The van der Waals surface area contributed by atoms with Crippen molar-refractivity contribution in [3.8, 4) is 0 Å². The van der Waals surface area contributed by atoms with Gasteiger partial charge in [-0.1, -0.05) is 12.7 Å². The summed E-state index contributed by atoms with van der Waals surface area (Å²) < 4.78 is 9.19. The number of hydrogen-bond acceptors (Lipinski definition) is 5. The maximum atomic E-state index is 11.0. The summed E-state index contributed by atoms with van der Waals surface area (Å²) in [7, 11) is 0. The number of aliphatic hydroxyl groups excluding tert-OH is 1. The fourth-order valence-corrected chi connectivity index (χ4v) is 0.579. The van der Waals surface area contributed by atoms with Crippen LogP contribution in [-0.4, -0.2) is 35.9 Å². The maximum absolute atomic E-state index is 11.0. The Labute approximate surface area is 82.3 Å². The second-order valence-electron chi connectivity index (χ2n) is 2.67. The average Bonchev–Trinajstić information content (AvgIpc) is 2.13. The molecule has 0 amide bonds. The number of aliphatic hydroxyl groups is 1. The number of rotatable bonds is 5. The van der Waals surface area contributed by atoms with E-state index in [2.05, 4.69) is 16.1 Å². The van der Waals surface area contributed by atoms with Crippen molar-refractivity contribution in [2.75, 3.05) is 6.61 Å². The molecular formula is C9H14O5. The predicted molar refractivity (Wildman–Crippen MR) is 48.4 cm³/mol. The number of carbonyl (C=O) groups is 2. The van der Waals surface area contributed by atoms with Crippen molar-refractivity contribution < 1.29 is 24.2 Å². The van der Waals surface area contributed by atoms with E-state index in [1.165, 1.54) is 19.9 Å². The van der Waals surface area contributed by atoms with Gasteiger partial charge in [-0.3, -0.25) is 0 Å². The van der Waals surface area contributed by atoms with E-state index in [0.29, 0.717) is 0 Å². The van der Waals surface area contributed by atoms with Crippen molar-refractivity contribution in [3.63, 3.8) is 0 Å². The molecule has 0 aromatic carbocycles. The van der Waals surface area contributed by atoms with Gasteiger partial charge in [-0.05, 0) is 13.8 Å². The lowest BCUT2D eigenvalue weighted by atomic mass is 10.4. The third-order valence-corrected chi connectivity index (χ3v) is 1.31. The predicted octanol–water partition coefficient (Wildman–Crippen LogP) is 0.0281. The number of esters is 2.